The first-order valence-electron chi connectivity index (χ1n) is 8.13. The molecule has 3 rings (SSSR count). The Morgan fingerprint density at radius 1 is 1.41 bits per heavy atom. The summed E-state index contributed by atoms with van der Waals surface area (Å²) >= 11 is 0. The minimum atomic E-state index is 0.217. The van der Waals surface area contributed by atoms with Crippen LogP contribution >= 0.6 is 0 Å². The van der Waals surface area contributed by atoms with Crippen LogP contribution in [0.5, 0.6) is 0 Å². The SMILES string of the molecule is Cc1c(CCC(=O)N2CCO[C@H]3CCN(C)C[C@H]32)cnn1C. The molecule has 6 nitrogen and oxygen atoms in total. The van der Waals surface area contributed by atoms with Crippen molar-refractivity contribution in [2.75, 3.05) is 33.3 Å². The number of ether oxygens (including phenoxy) is 1. The molecule has 1 amide bonds. The Balaban J connectivity index is 1.62. The Bertz CT molecular complexity index is 542. The molecular formula is C16H26N4O2. The smallest absolute Gasteiger partial charge is 0.223 e. The van der Waals surface area contributed by atoms with Crippen LogP contribution in [0.15, 0.2) is 6.20 Å². The van der Waals surface area contributed by atoms with Crippen molar-refractivity contribution >= 4 is 5.91 Å². The first-order chi connectivity index (χ1) is 10.6. The number of hydrogen-bond acceptors (Lipinski definition) is 4. The summed E-state index contributed by atoms with van der Waals surface area (Å²) in [4.78, 5) is 17.0. The molecule has 2 fully saturated rings. The predicted molar refractivity (Wildman–Crippen MR) is 83.6 cm³/mol. The van der Waals surface area contributed by atoms with E-state index < -0.39 is 0 Å². The van der Waals surface area contributed by atoms with E-state index in [4.69, 9.17) is 4.74 Å². The maximum Gasteiger partial charge on any atom is 0.223 e. The summed E-state index contributed by atoms with van der Waals surface area (Å²) in [7, 11) is 4.05. The van der Waals surface area contributed by atoms with E-state index in [1.807, 2.05) is 24.9 Å². The molecule has 0 unspecified atom stereocenters. The molecule has 0 aliphatic carbocycles. The highest BCUT2D eigenvalue weighted by Gasteiger charge is 2.38. The summed E-state index contributed by atoms with van der Waals surface area (Å²) < 4.78 is 7.72. The van der Waals surface area contributed by atoms with Crippen molar-refractivity contribution in [2.24, 2.45) is 7.05 Å². The van der Waals surface area contributed by atoms with Gasteiger partial charge < -0.3 is 14.5 Å². The van der Waals surface area contributed by atoms with E-state index in [2.05, 4.69) is 21.9 Å². The minimum absolute atomic E-state index is 0.217. The van der Waals surface area contributed by atoms with E-state index in [1.165, 1.54) is 5.56 Å². The topological polar surface area (TPSA) is 50.6 Å². The molecule has 1 aromatic heterocycles. The van der Waals surface area contributed by atoms with E-state index >= 15 is 0 Å². The summed E-state index contributed by atoms with van der Waals surface area (Å²) in [5.41, 5.74) is 2.31. The third-order valence-corrected chi connectivity index (χ3v) is 5.05. The number of likely N-dealkylation sites (N-methyl/N-ethyl adjacent to an activating group) is 1. The van der Waals surface area contributed by atoms with Gasteiger partial charge in [-0.3, -0.25) is 9.48 Å². The Morgan fingerprint density at radius 3 is 2.95 bits per heavy atom. The van der Waals surface area contributed by atoms with Gasteiger partial charge in [0.05, 0.1) is 24.9 Å². The molecule has 122 valence electrons. The van der Waals surface area contributed by atoms with Crippen LogP contribution in [0, 0.1) is 6.92 Å². The first kappa shape index (κ1) is 15.5. The molecule has 22 heavy (non-hydrogen) atoms. The highest BCUT2D eigenvalue weighted by Crippen LogP contribution is 2.23. The molecule has 2 saturated heterocycles. The molecule has 0 bridgehead atoms. The van der Waals surface area contributed by atoms with Crippen molar-refractivity contribution in [3.63, 3.8) is 0 Å². The van der Waals surface area contributed by atoms with Crippen LogP contribution in [0.25, 0.3) is 0 Å². The molecule has 2 aliphatic heterocycles. The lowest BCUT2D eigenvalue weighted by atomic mass is 9.98. The molecule has 0 radical (unpaired) electrons. The zero-order valence-electron chi connectivity index (χ0n) is 13.8. The zero-order chi connectivity index (χ0) is 15.7. The molecule has 0 N–H and O–H groups in total. The monoisotopic (exact) mass is 306 g/mol. The molecule has 2 atom stereocenters. The molecule has 0 saturated carbocycles. The number of aryl methyl sites for hydroxylation is 2. The lowest BCUT2D eigenvalue weighted by molar-refractivity contribution is -0.151. The lowest BCUT2D eigenvalue weighted by Crippen LogP contribution is -2.60. The number of fused-ring (bicyclic) bond motifs is 1. The van der Waals surface area contributed by atoms with Crippen molar-refractivity contribution in [3.05, 3.63) is 17.5 Å². The second kappa shape index (κ2) is 6.38. The number of piperidine rings is 1. The average Bonchev–Trinajstić information content (AvgIpc) is 2.83. The molecule has 2 aliphatic rings. The summed E-state index contributed by atoms with van der Waals surface area (Å²) in [6.45, 7) is 5.41. The highest BCUT2D eigenvalue weighted by atomic mass is 16.5. The Kier molecular flexibility index (Phi) is 4.49. The number of carbonyl (C=O) groups is 1. The normalized spacial score (nSPS) is 26.0. The van der Waals surface area contributed by atoms with Gasteiger partial charge in [0.25, 0.3) is 0 Å². The summed E-state index contributed by atoms with van der Waals surface area (Å²) in [5, 5.41) is 4.25. The predicted octanol–water partition coefficient (Wildman–Crippen LogP) is 0.593. The number of nitrogens with zero attached hydrogens (tertiary/aromatic N) is 4. The number of rotatable bonds is 3. The van der Waals surface area contributed by atoms with Crippen molar-refractivity contribution < 1.29 is 9.53 Å². The molecule has 3 heterocycles. The fourth-order valence-electron chi connectivity index (χ4n) is 3.51. The fourth-order valence-corrected chi connectivity index (χ4v) is 3.51. The van der Waals surface area contributed by atoms with E-state index in [0.717, 1.165) is 38.2 Å². The van der Waals surface area contributed by atoms with Crippen LogP contribution < -0.4 is 0 Å². The van der Waals surface area contributed by atoms with Gasteiger partial charge in [-0.15, -0.1) is 0 Å². The second-order valence-electron chi connectivity index (χ2n) is 6.49. The third-order valence-electron chi connectivity index (χ3n) is 5.05. The van der Waals surface area contributed by atoms with Gasteiger partial charge in [0, 0.05) is 38.8 Å². The largest absolute Gasteiger partial charge is 0.374 e. The Labute approximate surface area is 132 Å². The zero-order valence-corrected chi connectivity index (χ0v) is 13.8. The number of likely N-dealkylation sites (tertiary alicyclic amines) is 1. The fraction of sp³-hybridized carbons (Fsp3) is 0.750. The van der Waals surface area contributed by atoms with Crippen LogP contribution in [-0.4, -0.2) is 70.9 Å². The van der Waals surface area contributed by atoms with E-state index in [1.54, 1.807) is 0 Å². The van der Waals surface area contributed by atoms with Crippen molar-refractivity contribution in [3.8, 4) is 0 Å². The van der Waals surface area contributed by atoms with Crippen LogP contribution in [0.2, 0.25) is 0 Å². The van der Waals surface area contributed by atoms with E-state index in [9.17, 15) is 4.79 Å². The maximum absolute atomic E-state index is 12.7. The lowest BCUT2D eigenvalue weighted by Gasteiger charge is -2.46. The van der Waals surface area contributed by atoms with Gasteiger partial charge in [0.15, 0.2) is 0 Å². The second-order valence-corrected chi connectivity index (χ2v) is 6.49. The average molecular weight is 306 g/mol. The molecular weight excluding hydrogens is 280 g/mol. The Morgan fingerprint density at radius 2 is 2.23 bits per heavy atom. The molecule has 0 spiro atoms. The van der Waals surface area contributed by atoms with Gasteiger partial charge >= 0.3 is 0 Å². The standard InChI is InChI=1S/C16H26N4O2/c1-12-13(10-17-19(12)3)4-5-16(21)20-8-9-22-15-6-7-18(2)11-14(15)20/h10,14-15H,4-9,11H2,1-3H3/t14-,15+/m1/s1. The van der Waals surface area contributed by atoms with Gasteiger partial charge in [-0.2, -0.15) is 5.10 Å². The van der Waals surface area contributed by atoms with Crippen molar-refractivity contribution in [1.29, 1.82) is 0 Å². The van der Waals surface area contributed by atoms with Crippen LogP contribution in [-0.2, 0) is 23.0 Å². The van der Waals surface area contributed by atoms with Gasteiger partial charge in [-0.25, -0.2) is 0 Å². The minimum Gasteiger partial charge on any atom is -0.374 e. The summed E-state index contributed by atoms with van der Waals surface area (Å²) in [6, 6.07) is 0.218. The molecule has 1 aromatic rings. The number of amides is 1. The van der Waals surface area contributed by atoms with E-state index in [0.29, 0.717) is 13.0 Å². The Hall–Kier alpha value is -1.40. The highest BCUT2D eigenvalue weighted by molar-refractivity contribution is 5.77. The quantitative estimate of drug-likeness (QED) is 0.820. The third kappa shape index (κ3) is 3.03. The van der Waals surface area contributed by atoms with Crippen molar-refractivity contribution in [1.82, 2.24) is 19.6 Å². The van der Waals surface area contributed by atoms with Crippen LogP contribution in [0.4, 0.5) is 0 Å². The van der Waals surface area contributed by atoms with Crippen LogP contribution in [0.3, 0.4) is 0 Å². The van der Waals surface area contributed by atoms with Crippen molar-refractivity contribution in [2.45, 2.75) is 38.3 Å². The number of morpholine rings is 1. The maximum atomic E-state index is 12.7. The molecule has 6 heteroatoms. The van der Waals surface area contributed by atoms with Crippen LogP contribution in [0.1, 0.15) is 24.1 Å². The number of aromatic nitrogens is 2. The molecule has 0 aromatic carbocycles. The number of hydrogen-bond donors (Lipinski definition) is 0. The van der Waals surface area contributed by atoms with Gasteiger partial charge in [-0.1, -0.05) is 0 Å². The summed E-state index contributed by atoms with van der Waals surface area (Å²) in [6.07, 6.45) is 4.43. The van der Waals surface area contributed by atoms with E-state index in [-0.39, 0.29) is 18.1 Å². The van der Waals surface area contributed by atoms with Gasteiger partial charge in [-0.05, 0) is 32.4 Å². The number of carbonyl (C=O) groups excluding carboxylic acids is 1. The first-order valence-corrected chi connectivity index (χ1v) is 8.13. The van der Waals surface area contributed by atoms with Gasteiger partial charge in [0.1, 0.15) is 0 Å². The van der Waals surface area contributed by atoms with Gasteiger partial charge in [0.2, 0.25) is 5.91 Å². The summed E-state index contributed by atoms with van der Waals surface area (Å²) in [5.74, 6) is 0.247.